The summed E-state index contributed by atoms with van der Waals surface area (Å²) >= 11 is 0. The van der Waals surface area contributed by atoms with Gasteiger partial charge in [0.1, 0.15) is 11.5 Å². The number of pyridine rings is 1. The van der Waals surface area contributed by atoms with Gasteiger partial charge in [0.25, 0.3) is 0 Å². The van der Waals surface area contributed by atoms with Gasteiger partial charge < -0.3 is 4.90 Å². The molecule has 1 aromatic rings. The monoisotopic (exact) mass is 250 g/mol. The van der Waals surface area contributed by atoms with Crippen molar-refractivity contribution in [2.45, 2.75) is 25.7 Å². The van der Waals surface area contributed by atoms with Crippen LogP contribution in [-0.2, 0) is 0 Å². The highest BCUT2D eigenvalue weighted by Crippen LogP contribution is 2.26. The van der Waals surface area contributed by atoms with E-state index < -0.39 is 5.82 Å². The van der Waals surface area contributed by atoms with Crippen LogP contribution in [0.2, 0.25) is 0 Å². The van der Waals surface area contributed by atoms with Crippen molar-refractivity contribution in [3.63, 3.8) is 0 Å². The molecule has 1 fully saturated rings. The zero-order valence-electron chi connectivity index (χ0n) is 10.7. The van der Waals surface area contributed by atoms with Crippen LogP contribution in [0.15, 0.2) is 18.3 Å². The van der Waals surface area contributed by atoms with E-state index in [9.17, 15) is 9.18 Å². The predicted molar refractivity (Wildman–Crippen MR) is 68.0 cm³/mol. The van der Waals surface area contributed by atoms with E-state index in [-0.39, 0.29) is 5.78 Å². The Morgan fingerprint density at radius 3 is 2.83 bits per heavy atom. The van der Waals surface area contributed by atoms with Crippen LogP contribution in [0.5, 0.6) is 0 Å². The maximum Gasteiger partial charge on any atom is 0.182 e. The molecule has 1 aliphatic carbocycles. The molecule has 1 aromatic heterocycles. The Morgan fingerprint density at radius 2 is 2.28 bits per heavy atom. The second-order valence-corrected chi connectivity index (χ2v) is 5.09. The molecule has 0 atom stereocenters. The van der Waals surface area contributed by atoms with Gasteiger partial charge in [-0.25, -0.2) is 4.39 Å². The molecular formula is C14H19FN2O. The van der Waals surface area contributed by atoms with Crippen LogP contribution in [0, 0.1) is 11.7 Å². The number of rotatable bonds is 6. The Kier molecular flexibility index (Phi) is 4.42. The fraction of sp³-hybridized carbons (Fsp3) is 0.571. The molecule has 0 aromatic carbocycles. The highest BCUT2D eigenvalue weighted by Gasteiger charge is 2.19. The third-order valence-corrected chi connectivity index (χ3v) is 3.53. The molecule has 2 rings (SSSR count). The van der Waals surface area contributed by atoms with Crippen LogP contribution in [-0.4, -0.2) is 35.8 Å². The number of hydrogen-bond donors (Lipinski definition) is 0. The molecule has 0 radical (unpaired) electrons. The molecule has 1 heterocycles. The summed E-state index contributed by atoms with van der Waals surface area (Å²) in [5.74, 6) is 0.387. The van der Waals surface area contributed by atoms with Crippen molar-refractivity contribution in [2.75, 3.05) is 20.1 Å². The van der Waals surface area contributed by atoms with Crippen LogP contribution in [0.4, 0.5) is 4.39 Å². The van der Waals surface area contributed by atoms with Gasteiger partial charge in [-0.05, 0) is 37.9 Å². The van der Waals surface area contributed by atoms with Crippen molar-refractivity contribution in [3.8, 4) is 0 Å². The summed E-state index contributed by atoms with van der Waals surface area (Å²) in [5, 5.41) is 0. The normalized spacial score (nSPS) is 15.7. The molecule has 0 N–H and O–H groups in total. The minimum atomic E-state index is -0.409. The van der Waals surface area contributed by atoms with Crippen molar-refractivity contribution >= 4 is 5.78 Å². The summed E-state index contributed by atoms with van der Waals surface area (Å²) in [6.45, 7) is 1.82. The van der Waals surface area contributed by atoms with E-state index in [1.54, 1.807) is 0 Å². The second-order valence-electron chi connectivity index (χ2n) is 5.09. The van der Waals surface area contributed by atoms with E-state index >= 15 is 0 Å². The van der Waals surface area contributed by atoms with Gasteiger partial charge in [0.2, 0.25) is 0 Å². The fourth-order valence-electron chi connectivity index (χ4n) is 2.17. The van der Waals surface area contributed by atoms with Crippen LogP contribution in [0.25, 0.3) is 0 Å². The van der Waals surface area contributed by atoms with Crippen molar-refractivity contribution in [3.05, 3.63) is 29.8 Å². The summed E-state index contributed by atoms with van der Waals surface area (Å²) < 4.78 is 12.7. The average molecular weight is 250 g/mol. The van der Waals surface area contributed by atoms with Gasteiger partial charge in [0.15, 0.2) is 5.78 Å². The Hall–Kier alpha value is -1.29. The Bertz CT molecular complexity index is 401. The van der Waals surface area contributed by atoms with E-state index in [2.05, 4.69) is 9.88 Å². The zero-order chi connectivity index (χ0) is 13.0. The highest BCUT2D eigenvalue weighted by atomic mass is 19.1. The molecule has 0 spiro atoms. The Balaban J connectivity index is 1.75. The van der Waals surface area contributed by atoms with Crippen molar-refractivity contribution < 1.29 is 9.18 Å². The highest BCUT2D eigenvalue weighted by molar-refractivity contribution is 5.94. The van der Waals surface area contributed by atoms with Gasteiger partial charge in [-0.3, -0.25) is 9.78 Å². The summed E-state index contributed by atoms with van der Waals surface area (Å²) in [6, 6.07) is 2.72. The zero-order valence-corrected chi connectivity index (χ0v) is 10.7. The SMILES string of the molecule is CN(CCC(=O)c1ccc(F)cn1)CC1CCC1. The summed E-state index contributed by atoms with van der Waals surface area (Å²) in [4.78, 5) is 17.8. The number of hydrogen-bond acceptors (Lipinski definition) is 3. The third kappa shape index (κ3) is 3.60. The van der Waals surface area contributed by atoms with E-state index in [1.165, 1.54) is 31.4 Å². The minimum Gasteiger partial charge on any atom is -0.306 e. The molecule has 0 unspecified atom stereocenters. The molecule has 0 aliphatic heterocycles. The van der Waals surface area contributed by atoms with Crippen molar-refractivity contribution in [2.24, 2.45) is 5.92 Å². The topological polar surface area (TPSA) is 33.2 Å². The largest absolute Gasteiger partial charge is 0.306 e. The molecule has 1 saturated carbocycles. The first kappa shape index (κ1) is 13.1. The van der Waals surface area contributed by atoms with Crippen LogP contribution in [0.1, 0.15) is 36.2 Å². The maximum atomic E-state index is 12.7. The average Bonchev–Trinajstić information content (AvgIpc) is 2.32. The van der Waals surface area contributed by atoms with Gasteiger partial charge >= 0.3 is 0 Å². The van der Waals surface area contributed by atoms with Gasteiger partial charge in [0.05, 0.1) is 6.20 Å². The van der Waals surface area contributed by atoms with Gasteiger partial charge in [0, 0.05) is 19.5 Å². The van der Waals surface area contributed by atoms with Gasteiger partial charge in [-0.2, -0.15) is 0 Å². The second kappa shape index (κ2) is 6.05. The summed E-state index contributed by atoms with van der Waals surface area (Å²) in [6.07, 6.45) is 5.51. The maximum absolute atomic E-state index is 12.7. The number of ketones is 1. The molecule has 4 heteroatoms. The lowest BCUT2D eigenvalue weighted by Crippen LogP contribution is -2.31. The van der Waals surface area contributed by atoms with E-state index in [4.69, 9.17) is 0 Å². The molecular weight excluding hydrogens is 231 g/mol. The lowest BCUT2D eigenvalue weighted by atomic mass is 9.85. The lowest BCUT2D eigenvalue weighted by molar-refractivity contribution is 0.0956. The first-order valence-electron chi connectivity index (χ1n) is 6.48. The van der Waals surface area contributed by atoms with Crippen LogP contribution in [0.3, 0.4) is 0 Å². The Labute approximate surface area is 107 Å². The fourth-order valence-corrected chi connectivity index (χ4v) is 2.17. The van der Waals surface area contributed by atoms with Crippen LogP contribution >= 0.6 is 0 Å². The van der Waals surface area contributed by atoms with E-state index in [1.807, 2.05) is 7.05 Å². The standard InChI is InChI=1S/C14H19FN2O/c1-17(10-11-3-2-4-11)8-7-14(18)13-6-5-12(15)9-16-13/h5-6,9,11H,2-4,7-8,10H2,1H3. The predicted octanol–water partition coefficient (Wildman–Crippen LogP) is 2.53. The minimum absolute atomic E-state index is 0.0181. The molecule has 0 bridgehead atoms. The first-order chi connectivity index (χ1) is 8.65. The van der Waals surface area contributed by atoms with Gasteiger partial charge in [-0.15, -0.1) is 0 Å². The number of carbonyl (C=O) groups excluding carboxylic acids is 1. The van der Waals surface area contributed by atoms with E-state index in [0.717, 1.165) is 25.2 Å². The number of Topliss-reactive ketones (excluding diaryl/α,β-unsaturated/α-hetero) is 1. The van der Waals surface area contributed by atoms with Crippen LogP contribution < -0.4 is 0 Å². The van der Waals surface area contributed by atoms with Crippen molar-refractivity contribution in [1.29, 1.82) is 0 Å². The summed E-state index contributed by atoms with van der Waals surface area (Å²) in [5.41, 5.74) is 0.355. The number of nitrogens with zero attached hydrogens (tertiary/aromatic N) is 2. The molecule has 0 amide bonds. The number of aromatic nitrogens is 1. The molecule has 0 saturated heterocycles. The first-order valence-corrected chi connectivity index (χ1v) is 6.48. The quantitative estimate of drug-likeness (QED) is 0.727. The number of halogens is 1. The number of carbonyl (C=O) groups is 1. The summed E-state index contributed by atoms with van der Waals surface area (Å²) in [7, 11) is 2.05. The van der Waals surface area contributed by atoms with E-state index in [0.29, 0.717) is 12.1 Å². The molecule has 3 nitrogen and oxygen atoms in total. The molecule has 1 aliphatic rings. The lowest BCUT2D eigenvalue weighted by Gasteiger charge is -2.29. The Morgan fingerprint density at radius 1 is 1.50 bits per heavy atom. The van der Waals surface area contributed by atoms with Crippen molar-refractivity contribution in [1.82, 2.24) is 9.88 Å². The smallest absolute Gasteiger partial charge is 0.182 e. The third-order valence-electron chi connectivity index (χ3n) is 3.53. The molecule has 98 valence electrons. The van der Waals surface area contributed by atoms with Gasteiger partial charge in [-0.1, -0.05) is 6.42 Å². The molecule has 18 heavy (non-hydrogen) atoms.